The van der Waals surface area contributed by atoms with Crippen LogP contribution in [-0.2, 0) is 13.1 Å². The van der Waals surface area contributed by atoms with Gasteiger partial charge in [-0.05, 0) is 26.8 Å². The summed E-state index contributed by atoms with van der Waals surface area (Å²) in [6.07, 6.45) is 1.62. The van der Waals surface area contributed by atoms with Gasteiger partial charge in [0, 0.05) is 24.8 Å². The summed E-state index contributed by atoms with van der Waals surface area (Å²) >= 11 is 0. The van der Waals surface area contributed by atoms with E-state index in [1.54, 1.807) is 16.9 Å². The molecule has 96 valence electrons. The molecule has 2 heterocycles. The Morgan fingerprint density at radius 2 is 2.28 bits per heavy atom. The van der Waals surface area contributed by atoms with Crippen molar-refractivity contribution in [1.29, 1.82) is 0 Å². The minimum Gasteiger partial charge on any atom is -0.361 e. The first kappa shape index (κ1) is 12.3. The van der Waals surface area contributed by atoms with E-state index >= 15 is 0 Å². The zero-order valence-corrected chi connectivity index (χ0v) is 10.7. The number of aromatic nitrogens is 3. The van der Waals surface area contributed by atoms with Crippen molar-refractivity contribution in [3.8, 4) is 0 Å². The summed E-state index contributed by atoms with van der Waals surface area (Å²) in [4.78, 5) is 12.0. The van der Waals surface area contributed by atoms with Crippen LogP contribution < -0.4 is 5.32 Å². The third-order valence-electron chi connectivity index (χ3n) is 2.86. The number of nitrogens with one attached hydrogen (secondary N) is 1. The minimum atomic E-state index is -0.144. The molecule has 0 unspecified atom stereocenters. The Labute approximate surface area is 105 Å². The third kappa shape index (κ3) is 2.27. The van der Waals surface area contributed by atoms with Crippen LogP contribution in [0.5, 0.6) is 0 Å². The van der Waals surface area contributed by atoms with Gasteiger partial charge in [-0.1, -0.05) is 5.16 Å². The largest absolute Gasteiger partial charge is 0.361 e. The summed E-state index contributed by atoms with van der Waals surface area (Å²) in [6, 6.07) is 1.70. The smallest absolute Gasteiger partial charge is 0.269 e. The molecule has 6 nitrogen and oxygen atoms in total. The van der Waals surface area contributed by atoms with Crippen molar-refractivity contribution >= 4 is 5.91 Å². The van der Waals surface area contributed by atoms with Gasteiger partial charge in [-0.25, -0.2) is 0 Å². The van der Waals surface area contributed by atoms with E-state index in [4.69, 9.17) is 4.52 Å². The molecule has 0 saturated carbocycles. The molecule has 0 spiro atoms. The molecular weight excluding hydrogens is 232 g/mol. The van der Waals surface area contributed by atoms with Crippen LogP contribution in [0.1, 0.15) is 34.4 Å². The minimum absolute atomic E-state index is 0.144. The fraction of sp³-hybridized carbons (Fsp3) is 0.417. The summed E-state index contributed by atoms with van der Waals surface area (Å²) in [5.41, 5.74) is 2.28. The average Bonchev–Trinajstić information content (AvgIpc) is 2.94. The lowest BCUT2D eigenvalue weighted by Gasteiger charge is -2.06. The van der Waals surface area contributed by atoms with E-state index in [1.807, 2.05) is 20.8 Å². The molecule has 1 N–H and O–H groups in total. The molecule has 18 heavy (non-hydrogen) atoms. The molecular formula is C12H16N4O2. The van der Waals surface area contributed by atoms with Gasteiger partial charge >= 0.3 is 0 Å². The highest BCUT2D eigenvalue weighted by Crippen LogP contribution is 2.11. The van der Waals surface area contributed by atoms with E-state index in [0.717, 1.165) is 17.0 Å². The van der Waals surface area contributed by atoms with Gasteiger partial charge in [0.1, 0.15) is 11.5 Å². The van der Waals surface area contributed by atoms with Crippen molar-refractivity contribution < 1.29 is 9.32 Å². The van der Waals surface area contributed by atoms with Crippen molar-refractivity contribution in [2.45, 2.75) is 33.9 Å². The Bertz CT molecular complexity index is 537. The second-order valence-electron chi connectivity index (χ2n) is 4.02. The van der Waals surface area contributed by atoms with Crippen LogP contribution in [0, 0.1) is 13.8 Å². The maximum Gasteiger partial charge on any atom is 0.269 e. The molecule has 2 aromatic heterocycles. The highest BCUT2D eigenvalue weighted by molar-refractivity contribution is 5.92. The Kier molecular flexibility index (Phi) is 3.45. The van der Waals surface area contributed by atoms with Crippen LogP contribution in [0.3, 0.4) is 0 Å². The highest BCUT2D eigenvalue weighted by Gasteiger charge is 2.13. The van der Waals surface area contributed by atoms with Crippen LogP contribution in [-0.4, -0.2) is 20.8 Å². The Hall–Kier alpha value is -2.11. The number of hydrogen-bond donors (Lipinski definition) is 1. The molecule has 0 bridgehead atoms. The zero-order chi connectivity index (χ0) is 13.1. The lowest BCUT2D eigenvalue weighted by molar-refractivity contribution is 0.0940. The third-order valence-corrected chi connectivity index (χ3v) is 2.86. The fourth-order valence-electron chi connectivity index (χ4n) is 1.79. The molecule has 2 aromatic rings. The number of nitrogens with zero attached hydrogens (tertiary/aromatic N) is 3. The first-order valence-electron chi connectivity index (χ1n) is 5.85. The van der Waals surface area contributed by atoms with Gasteiger partial charge in [-0.3, -0.25) is 9.48 Å². The van der Waals surface area contributed by atoms with E-state index in [-0.39, 0.29) is 5.91 Å². The van der Waals surface area contributed by atoms with Gasteiger partial charge in [-0.2, -0.15) is 5.10 Å². The summed E-state index contributed by atoms with van der Waals surface area (Å²) in [6.45, 7) is 6.71. The van der Waals surface area contributed by atoms with Gasteiger partial charge < -0.3 is 9.84 Å². The van der Waals surface area contributed by atoms with Crippen LogP contribution in [0.25, 0.3) is 0 Å². The van der Waals surface area contributed by atoms with E-state index in [0.29, 0.717) is 18.8 Å². The van der Waals surface area contributed by atoms with Gasteiger partial charge in [-0.15, -0.1) is 0 Å². The molecule has 0 aromatic carbocycles. The zero-order valence-electron chi connectivity index (χ0n) is 10.7. The van der Waals surface area contributed by atoms with Crippen molar-refractivity contribution in [2.24, 2.45) is 0 Å². The molecule has 0 aliphatic carbocycles. The second-order valence-corrected chi connectivity index (χ2v) is 4.02. The molecule has 0 atom stereocenters. The normalized spacial score (nSPS) is 10.6. The van der Waals surface area contributed by atoms with Gasteiger partial charge in [0.05, 0.1) is 5.69 Å². The van der Waals surface area contributed by atoms with Crippen LogP contribution in [0.4, 0.5) is 0 Å². The van der Waals surface area contributed by atoms with Crippen LogP contribution >= 0.6 is 0 Å². The molecule has 1 amide bonds. The van der Waals surface area contributed by atoms with Gasteiger partial charge in [0.25, 0.3) is 5.91 Å². The maximum absolute atomic E-state index is 12.0. The first-order valence-corrected chi connectivity index (χ1v) is 5.85. The average molecular weight is 248 g/mol. The second kappa shape index (κ2) is 5.03. The fourth-order valence-corrected chi connectivity index (χ4v) is 1.79. The topological polar surface area (TPSA) is 73.0 Å². The Morgan fingerprint density at radius 1 is 1.50 bits per heavy atom. The van der Waals surface area contributed by atoms with Crippen molar-refractivity contribution in [2.75, 3.05) is 0 Å². The number of carbonyl (C=O) groups excluding carboxylic acids is 1. The molecule has 0 radical (unpaired) electrons. The summed E-state index contributed by atoms with van der Waals surface area (Å²) in [5, 5.41) is 10.8. The summed E-state index contributed by atoms with van der Waals surface area (Å²) in [5.74, 6) is 0.589. The first-order chi connectivity index (χ1) is 8.63. The maximum atomic E-state index is 12.0. The predicted molar refractivity (Wildman–Crippen MR) is 65.0 cm³/mol. The Balaban J connectivity index is 2.05. The quantitative estimate of drug-likeness (QED) is 0.888. The number of carbonyl (C=O) groups is 1. The molecule has 0 fully saturated rings. The van der Waals surface area contributed by atoms with E-state index in [1.165, 1.54) is 0 Å². The summed E-state index contributed by atoms with van der Waals surface area (Å²) in [7, 11) is 0. The Morgan fingerprint density at radius 3 is 2.89 bits per heavy atom. The number of amides is 1. The molecule has 0 aliphatic rings. The number of aryl methyl sites for hydroxylation is 3. The van der Waals surface area contributed by atoms with Crippen molar-refractivity contribution in [1.82, 2.24) is 20.3 Å². The van der Waals surface area contributed by atoms with Crippen LogP contribution in [0.2, 0.25) is 0 Å². The lowest BCUT2D eigenvalue weighted by atomic mass is 10.2. The van der Waals surface area contributed by atoms with Gasteiger partial charge in [0.15, 0.2) is 0 Å². The molecule has 2 rings (SSSR count). The molecule has 0 saturated heterocycles. The monoisotopic (exact) mass is 248 g/mol. The van der Waals surface area contributed by atoms with Crippen molar-refractivity contribution in [3.05, 3.63) is 35.0 Å². The SMILES string of the molecule is CCn1nccc1C(=O)NCc1c(C)noc1C. The standard InChI is InChI=1S/C12H16N4O2/c1-4-16-11(5-6-14-16)12(17)13-7-10-8(2)15-18-9(10)3/h5-6H,4,7H2,1-3H3,(H,13,17). The van der Waals surface area contributed by atoms with Crippen LogP contribution in [0.15, 0.2) is 16.8 Å². The van der Waals surface area contributed by atoms with Gasteiger partial charge in [0.2, 0.25) is 0 Å². The highest BCUT2D eigenvalue weighted by atomic mass is 16.5. The number of rotatable bonds is 4. The number of hydrogen-bond acceptors (Lipinski definition) is 4. The van der Waals surface area contributed by atoms with E-state index in [2.05, 4.69) is 15.6 Å². The molecule has 6 heteroatoms. The predicted octanol–water partition coefficient (Wildman–Crippen LogP) is 1.44. The van der Waals surface area contributed by atoms with Crippen molar-refractivity contribution in [3.63, 3.8) is 0 Å². The lowest BCUT2D eigenvalue weighted by Crippen LogP contribution is -2.26. The van der Waals surface area contributed by atoms with E-state index < -0.39 is 0 Å². The summed E-state index contributed by atoms with van der Waals surface area (Å²) < 4.78 is 6.70. The molecule has 0 aliphatic heterocycles. The van der Waals surface area contributed by atoms with E-state index in [9.17, 15) is 4.79 Å².